The van der Waals surface area contributed by atoms with Crippen LogP contribution in [0, 0.1) is 0 Å². The van der Waals surface area contributed by atoms with E-state index in [9.17, 15) is 19.0 Å². The third kappa shape index (κ3) is 28.9. The Morgan fingerprint density at radius 2 is 1.17 bits per heavy atom. The summed E-state index contributed by atoms with van der Waals surface area (Å²) in [5, 5.41) is 0. The smallest absolute Gasteiger partial charge is 0.462 e. The van der Waals surface area contributed by atoms with Gasteiger partial charge in [-0.25, -0.2) is 4.57 Å². The zero-order valence-corrected chi connectivity index (χ0v) is 27.6. The number of esters is 2. The largest absolute Gasteiger partial charge is 0.472 e. The number of hydrogen-bond acceptors (Lipinski definition) is 8. The maximum Gasteiger partial charge on any atom is 0.472 e. The number of phosphoric ester groups is 1. The molecule has 0 saturated heterocycles. The average molecular weight is 620 g/mol. The first-order chi connectivity index (χ1) is 20.3. The highest BCUT2D eigenvalue weighted by Crippen LogP contribution is 2.43. The van der Waals surface area contributed by atoms with Gasteiger partial charge >= 0.3 is 19.8 Å². The molecule has 9 nitrogen and oxygen atoms in total. The molecule has 0 aromatic heterocycles. The summed E-state index contributed by atoms with van der Waals surface area (Å²) < 4.78 is 32.4. The summed E-state index contributed by atoms with van der Waals surface area (Å²) in [6, 6.07) is 0. The molecule has 0 saturated carbocycles. The van der Waals surface area contributed by atoms with E-state index in [1.807, 2.05) is 0 Å². The van der Waals surface area contributed by atoms with Crippen molar-refractivity contribution in [3.8, 4) is 0 Å². The van der Waals surface area contributed by atoms with Crippen molar-refractivity contribution in [3.05, 3.63) is 12.2 Å². The highest BCUT2D eigenvalue weighted by molar-refractivity contribution is 7.47. The Morgan fingerprint density at radius 1 is 0.690 bits per heavy atom. The topological polar surface area (TPSA) is 134 Å². The van der Waals surface area contributed by atoms with Crippen LogP contribution in [0.3, 0.4) is 0 Å². The lowest BCUT2D eigenvalue weighted by atomic mass is 10.1. The summed E-state index contributed by atoms with van der Waals surface area (Å²) in [4.78, 5) is 34.4. The van der Waals surface area contributed by atoms with Gasteiger partial charge in [-0.3, -0.25) is 18.6 Å². The number of carbonyl (C=O) groups excluding carboxylic acids is 2. The van der Waals surface area contributed by atoms with Crippen LogP contribution in [0.5, 0.6) is 0 Å². The van der Waals surface area contributed by atoms with E-state index in [-0.39, 0.29) is 32.6 Å². The number of unbranched alkanes of at least 4 members (excludes halogenated alkanes) is 16. The maximum absolute atomic E-state index is 12.4. The second-order valence-electron chi connectivity index (χ2n) is 11.0. The molecule has 248 valence electrons. The summed E-state index contributed by atoms with van der Waals surface area (Å²) in [5.41, 5.74) is 5.30. The zero-order chi connectivity index (χ0) is 31.2. The number of allylic oxidation sites excluding steroid dienone is 2. The molecule has 0 radical (unpaired) electrons. The van der Waals surface area contributed by atoms with E-state index in [1.165, 1.54) is 64.2 Å². The van der Waals surface area contributed by atoms with Crippen LogP contribution in [0.1, 0.15) is 149 Å². The Bertz CT molecular complexity index is 719. The summed E-state index contributed by atoms with van der Waals surface area (Å²) in [6.45, 7) is 3.64. The van der Waals surface area contributed by atoms with Crippen LogP contribution in [0.15, 0.2) is 12.2 Å². The minimum atomic E-state index is -4.36. The van der Waals surface area contributed by atoms with Gasteiger partial charge in [0, 0.05) is 19.4 Å². The van der Waals surface area contributed by atoms with Gasteiger partial charge in [-0.15, -0.1) is 0 Å². The lowest BCUT2D eigenvalue weighted by Gasteiger charge is -2.19. The predicted octanol–water partition coefficient (Wildman–Crippen LogP) is 8.32. The van der Waals surface area contributed by atoms with Gasteiger partial charge in [-0.2, -0.15) is 0 Å². The standard InChI is InChI=1S/C32H62NO8P/c1-3-5-7-9-11-12-13-14-15-16-17-19-21-23-25-32(35)41-30(29-40-42(36,37)39-27-26-33)28-38-31(34)24-22-20-18-10-8-6-4-2/h13-14,30H,3-12,15-29,33H2,1-2H3,(H,36,37)/b14-13-. The fourth-order valence-electron chi connectivity index (χ4n) is 4.39. The predicted molar refractivity (Wildman–Crippen MR) is 169 cm³/mol. The number of rotatable bonds is 31. The zero-order valence-electron chi connectivity index (χ0n) is 26.7. The monoisotopic (exact) mass is 619 g/mol. The Kier molecular flexibility index (Phi) is 28.9. The van der Waals surface area contributed by atoms with Crippen LogP contribution in [-0.2, 0) is 32.7 Å². The molecule has 0 heterocycles. The second kappa shape index (κ2) is 29.8. The van der Waals surface area contributed by atoms with E-state index < -0.39 is 32.5 Å². The molecule has 0 spiro atoms. The first kappa shape index (κ1) is 40.8. The Morgan fingerprint density at radius 3 is 1.69 bits per heavy atom. The highest BCUT2D eigenvalue weighted by Gasteiger charge is 2.25. The van der Waals surface area contributed by atoms with Crippen molar-refractivity contribution in [1.82, 2.24) is 0 Å². The molecule has 0 aliphatic rings. The fourth-order valence-corrected chi connectivity index (χ4v) is 5.16. The van der Waals surface area contributed by atoms with Gasteiger partial charge in [0.1, 0.15) is 6.61 Å². The highest BCUT2D eigenvalue weighted by atomic mass is 31.2. The molecule has 3 N–H and O–H groups in total. The molecule has 0 rings (SSSR count). The number of nitrogens with two attached hydrogens (primary N) is 1. The van der Waals surface area contributed by atoms with Gasteiger partial charge in [0.2, 0.25) is 0 Å². The molecule has 0 aliphatic carbocycles. The molecule has 2 unspecified atom stereocenters. The third-order valence-corrected chi connectivity index (χ3v) is 7.89. The van der Waals surface area contributed by atoms with Crippen LogP contribution in [-0.4, -0.2) is 49.3 Å². The van der Waals surface area contributed by atoms with Crippen LogP contribution in [0.4, 0.5) is 0 Å². The van der Waals surface area contributed by atoms with E-state index in [1.54, 1.807) is 0 Å². The molecule has 0 fully saturated rings. The van der Waals surface area contributed by atoms with E-state index in [2.05, 4.69) is 26.0 Å². The lowest BCUT2D eigenvalue weighted by molar-refractivity contribution is -0.161. The SMILES string of the molecule is CCCCCCC/C=C\CCCCCCCC(=O)OC(COC(=O)CCCCCCCCC)COP(=O)(O)OCCN. The molecule has 0 bridgehead atoms. The third-order valence-electron chi connectivity index (χ3n) is 6.90. The molecule has 0 aromatic carbocycles. The first-order valence-corrected chi connectivity index (χ1v) is 18.2. The quantitative estimate of drug-likeness (QED) is 0.0340. The fraction of sp³-hybridized carbons (Fsp3) is 0.875. The summed E-state index contributed by atoms with van der Waals surface area (Å²) in [7, 11) is -4.36. The molecule has 42 heavy (non-hydrogen) atoms. The van der Waals surface area contributed by atoms with Crippen molar-refractivity contribution < 1.29 is 37.6 Å². The van der Waals surface area contributed by atoms with Crippen LogP contribution in [0.25, 0.3) is 0 Å². The molecular weight excluding hydrogens is 557 g/mol. The average Bonchev–Trinajstić information content (AvgIpc) is 2.97. The number of carbonyl (C=O) groups is 2. The number of hydrogen-bond donors (Lipinski definition) is 2. The molecule has 0 aromatic rings. The number of ether oxygens (including phenoxy) is 2. The van der Waals surface area contributed by atoms with Crippen molar-refractivity contribution in [2.45, 2.75) is 155 Å². The van der Waals surface area contributed by atoms with E-state index in [0.717, 1.165) is 51.4 Å². The Labute approximate surface area is 256 Å². The van der Waals surface area contributed by atoms with Crippen molar-refractivity contribution in [2.24, 2.45) is 5.73 Å². The maximum atomic E-state index is 12.4. The van der Waals surface area contributed by atoms with E-state index >= 15 is 0 Å². The number of phosphoric acid groups is 1. The summed E-state index contributed by atoms with van der Waals surface area (Å²) in [6.07, 6.45) is 25.5. The van der Waals surface area contributed by atoms with E-state index in [4.69, 9.17) is 24.3 Å². The Balaban J connectivity index is 4.27. The molecule has 10 heteroatoms. The van der Waals surface area contributed by atoms with Gasteiger partial charge < -0.3 is 20.1 Å². The van der Waals surface area contributed by atoms with Gasteiger partial charge in [0.05, 0.1) is 13.2 Å². The molecule has 0 aliphatic heterocycles. The Hall–Kier alpha value is -1.25. The van der Waals surface area contributed by atoms with Crippen molar-refractivity contribution in [3.63, 3.8) is 0 Å². The van der Waals surface area contributed by atoms with Gasteiger partial charge in [-0.05, 0) is 38.5 Å². The molecule has 0 amide bonds. The molecule has 2 atom stereocenters. The summed E-state index contributed by atoms with van der Waals surface area (Å²) >= 11 is 0. The van der Waals surface area contributed by atoms with Gasteiger partial charge in [0.25, 0.3) is 0 Å². The summed E-state index contributed by atoms with van der Waals surface area (Å²) in [5.74, 6) is -0.845. The molecular formula is C32H62NO8P. The lowest BCUT2D eigenvalue weighted by Crippen LogP contribution is -2.29. The second-order valence-corrected chi connectivity index (χ2v) is 12.5. The van der Waals surface area contributed by atoms with Gasteiger partial charge in [0.15, 0.2) is 6.10 Å². The normalized spacial score (nSPS) is 13.7. The van der Waals surface area contributed by atoms with Crippen LogP contribution in [0.2, 0.25) is 0 Å². The minimum Gasteiger partial charge on any atom is -0.462 e. The first-order valence-electron chi connectivity index (χ1n) is 16.7. The van der Waals surface area contributed by atoms with Crippen LogP contribution < -0.4 is 5.73 Å². The van der Waals surface area contributed by atoms with E-state index in [0.29, 0.717) is 6.42 Å². The van der Waals surface area contributed by atoms with Crippen molar-refractivity contribution in [1.29, 1.82) is 0 Å². The minimum absolute atomic E-state index is 0.0540. The van der Waals surface area contributed by atoms with Crippen molar-refractivity contribution >= 4 is 19.8 Å². The van der Waals surface area contributed by atoms with Gasteiger partial charge in [-0.1, -0.05) is 109 Å². The van der Waals surface area contributed by atoms with Crippen molar-refractivity contribution in [2.75, 3.05) is 26.4 Å². The van der Waals surface area contributed by atoms with Crippen LogP contribution >= 0.6 is 7.82 Å².